The molecule has 11 heteroatoms. The third-order valence-corrected chi connectivity index (χ3v) is 7.93. The Labute approximate surface area is 195 Å². The molecule has 1 saturated heterocycles. The molecule has 0 unspecified atom stereocenters. The van der Waals surface area contributed by atoms with Crippen LogP contribution in [0.25, 0.3) is 21.8 Å². The molecule has 0 aliphatic carbocycles. The van der Waals surface area contributed by atoms with Gasteiger partial charge in [-0.25, -0.2) is 18.4 Å². The molecule has 2 aromatic heterocycles. The number of rotatable bonds is 6. The number of piperazine rings is 1. The lowest BCUT2D eigenvalue weighted by Crippen LogP contribution is -2.49. The molecule has 1 aliphatic heterocycles. The van der Waals surface area contributed by atoms with Crippen LogP contribution in [0.3, 0.4) is 0 Å². The molecule has 1 aliphatic rings. The van der Waals surface area contributed by atoms with E-state index in [1.54, 1.807) is 42.5 Å². The zero-order valence-electron chi connectivity index (χ0n) is 18.4. The number of hydrogen-bond donors (Lipinski definition) is 1. The molecule has 0 spiro atoms. The van der Waals surface area contributed by atoms with Crippen molar-refractivity contribution in [3.8, 4) is 0 Å². The van der Waals surface area contributed by atoms with E-state index in [-0.39, 0.29) is 23.4 Å². The van der Waals surface area contributed by atoms with Crippen LogP contribution in [0.4, 0.5) is 0 Å². The van der Waals surface area contributed by atoms with Crippen LogP contribution in [0.2, 0.25) is 0 Å². The topological polar surface area (TPSA) is 121 Å². The first-order valence-corrected chi connectivity index (χ1v) is 12.6. The van der Waals surface area contributed by atoms with E-state index in [1.165, 1.54) is 15.2 Å². The number of aromatic nitrogens is 4. The highest BCUT2D eigenvalue weighted by atomic mass is 32.2. The number of nitrogens with zero attached hydrogens (tertiary/aromatic N) is 5. The molecule has 0 saturated carbocycles. The first-order chi connectivity index (χ1) is 16.4. The maximum Gasteiger partial charge on any atom is 0.261 e. The van der Waals surface area contributed by atoms with E-state index in [4.69, 9.17) is 0 Å². The van der Waals surface area contributed by atoms with Gasteiger partial charge in [0.1, 0.15) is 5.82 Å². The van der Waals surface area contributed by atoms with Crippen molar-refractivity contribution in [3.63, 3.8) is 0 Å². The Bertz CT molecular complexity index is 1570. The van der Waals surface area contributed by atoms with E-state index in [2.05, 4.69) is 19.9 Å². The summed E-state index contributed by atoms with van der Waals surface area (Å²) in [7, 11) is -3.54. The minimum atomic E-state index is -3.54. The van der Waals surface area contributed by atoms with Gasteiger partial charge in [0.15, 0.2) is 0 Å². The van der Waals surface area contributed by atoms with E-state index in [9.17, 15) is 18.0 Å². The monoisotopic (exact) mass is 480 g/mol. The van der Waals surface area contributed by atoms with Crippen molar-refractivity contribution < 1.29 is 8.42 Å². The molecular weight excluding hydrogens is 456 g/mol. The van der Waals surface area contributed by atoms with Crippen LogP contribution in [-0.2, 0) is 23.1 Å². The van der Waals surface area contributed by atoms with Crippen molar-refractivity contribution in [2.24, 2.45) is 0 Å². The highest BCUT2D eigenvalue weighted by molar-refractivity contribution is 7.89. The number of sulfonamides is 1. The molecule has 3 heterocycles. The Morgan fingerprint density at radius 1 is 0.882 bits per heavy atom. The van der Waals surface area contributed by atoms with E-state index in [0.717, 1.165) is 0 Å². The molecule has 0 bridgehead atoms. The van der Waals surface area contributed by atoms with Gasteiger partial charge in [-0.3, -0.25) is 19.1 Å². The van der Waals surface area contributed by atoms with Gasteiger partial charge in [0.2, 0.25) is 10.0 Å². The lowest BCUT2D eigenvalue weighted by Gasteiger charge is -2.33. The van der Waals surface area contributed by atoms with Crippen molar-refractivity contribution in [3.05, 3.63) is 81.4 Å². The van der Waals surface area contributed by atoms with Crippen LogP contribution < -0.4 is 11.1 Å². The number of nitrogens with one attached hydrogen (secondary N) is 1. The van der Waals surface area contributed by atoms with Gasteiger partial charge in [-0.1, -0.05) is 24.3 Å². The van der Waals surface area contributed by atoms with E-state index >= 15 is 0 Å². The summed E-state index contributed by atoms with van der Waals surface area (Å²) in [4.78, 5) is 38.6. The van der Waals surface area contributed by atoms with Crippen LogP contribution in [0.15, 0.2) is 64.4 Å². The third kappa shape index (κ3) is 4.49. The zero-order chi connectivity index (χ0) is 23.7. The number of benzene rings is 2. The van der Waals surface area contributed by atoms with Crippen LogP contribution in [0.1, 0.15) is 5.82 Å². The molecular formula is C23H24N6O4S. The van der Waals surface area contributed by atoms with Gasteiger partial charge in [0.05, 0.1) is 40.4 Å². The molecule has 1 N–H and O–H groups in total. The second kappa shape index (κ2) is 9.09. The SMILES string of the molecule is O=c1[nH]c(CN2CCN(S(=O)(=O)CCn3cnc4ccccc4c3=O)CC2)nc2ccccc12. The fraction of sp³-hybridized carbons (Fsp3) is 0.304. The highest BCUT2D eigenvalue weighted by Crippen LogP contribution is 2.12. The third-order valence-electron chi connectivity index (χ3n) is 6.08. The van der Waals surface area contributed by atoms with Gasteiger partial charge < -0.3 is 4.98 Å². The lowest BCUT2D eigenvalue weighted by atomic mass is 10.2. The molecule has 1 fully saturated rings. The van der Waals surface area contributed by atoms with E-state index < -0.39 is 10.0 Å². The normalized spacial score (nSPS) is 15.8. The summed E-state index contributed by atoms with van der Waals surface area (Å²) >= 11 is 0. The van der Waals surface area contributed by atoms with Crippen molar-refractivity contribution in [1.82, 2.24) is 28.7 Å². The number of aromatic amines is 1. The minimum absolute atomic E-state index is 0.0431. The Morgan fingerprint density at radius 2 is 1.56 bits per heavy atom. The fourth-order valence-electron chi connectivity index (χ4n) is 4.20. The van der Waals surface area contributed by atoms with E-state index in [0.29, 0.717) is 60.4 Å². The second-order valence-electron chi connectivity index (χ2n) is 8.28. The fourth-order valence-corrected chi connectivity index (χ4v) is 5.60. The quantitative estimate of drug-likeness (QED) is 0.433. The van der Waals surface area contributed by atoms with Gasteiger partial charge >= 0.3 is 0 Å². The van der Waals surface area contributed by atoms with Gasteiger partial charge in [-0.15, -0.1) is 0 Å². The Hall–Kier alpha value is -3.41. The molecule has 2 aromatic carbocycles. The van der Waals surface area contributed by atoms with Gasteiger partial charge in [0, 0.05) is 32.7 Å². The van der Waals surface area contributed by atoms with Gasteiger partial charge in [-0.2, -0.15) is 4.31 Å². The average molecular weight is 481 g/mol. The van der Waals surface area contributed by atoms with Gasteiger partial charge in [0.25, 0.3) is 11.1 Å². The molecule has 176 valence electrons. The first kappa shape index (κ1) is 22.4. The summed E-state index contributed by atoms with van der Waals surface area (Å²) < 4.78 is 28.6. The maximum absolute atomic E-state index is 12.9. The smallest absolute Gasteiger partial charge is 0.261 e. The summed E-state index contributed by atoms with van der Waals surface area (Å²) in [6, 6.07) is 14.2. The van der Waals surface area contributed by atoms with Crippen molar-refractivity contribution >= 4 is 31.8 Å². The Balaban J connectivity index is 1.21. The van der Waals surface area contributed by atoms with Crippen molar-refractivity contribution in [2.75, 3.05) is 31.9 Å². The lowest BCUT2D eigenvalue weighted by molar-refractivity contribution is 0.178. The standard InChI is InChI=1S/C23H24N6O4S/c30-22-17-5-1-4-8-20(17)25-21(26-22)15-27-9-11-29(12-10-27)34(32,33)14-13-28-16-24-19-7-3-2-6-18(19)23(28)31/h1-8,16H,9-15H2,(H,25,26,30). The summed E-state index contributed by atoms with van der Waals surface area (Å²) in [6.45, 7) is 2.20. The molecule has 0 atom stereocenters. The zero-order valence-corrected chi connectivity index (χ0v) is 19.2. The van der Waals surface area contributed by atoms with Crippen molar-refractivity contribution in [2.45, 2.75) is 13.1 Å². The van der Waals surface area contributed by atoms with Gasteiger partial charge in [-0.05, 0) is 24.3 Å². The first-order valence-electron chi connectivity index (χ1n) is 11.0. The number of hydrogen-bond acceptors (Lipinski definition) is 7. The molecule has 34 heavy (non-hydrogen) atoms. The van der Waals surface area contributed by atoms with Crippen molar-refractivity contribution in [1.29, 1.82) is 0 Å². The highest BCUT2D eigenvalue weighted by Gasteiger charge is 2.27. The summed E-state index contributed by atoms with van der Waals surface area (Å²) in [5.41, 5.74) is 0.800. The Kier molecular flexibility index (Phi) is 5.98. The van der Waals surface area contributed by atoms with E-state index in [1.807, 2.05) is 6.07 Å². The predicted molar refractivity (Wildman–Crippen MR) is 129 cm³/mol. The minimum Gasteiger partial charge on any atom is -0.309 e. The Morgan fingerprint density at radius 3 is 2.32 bits per heavy atom. The molecule has 10 nitrogen and oxygen atoms in total. The van der Waals surface area contributed by atoms with Crippen LogP contribution in [0, 0.1) is 0 Å². The average Bonchev–Trinajstić information content (AvgIpc) is 2.84. The molecule has 5 rings (SSSR count). The number of para-hydroxylation sites is 2. The summed E-state index contributed by atoms with van der Waals surface area (Å²) in [6.07, 6.45) is 1.40. The van der Waals surface area contributed by atoms with Crippen LogP contribution in [-0.4, -0.2) is 69.1 Å². The second-order valence-corrected chi connectivity index (χ2v) is 10.4. The number of H-pyrrole nitrogens is 1. The largest absolute Gasteiger partial charge is 0.309 e. The van der Waals surface area contributed by atoms with Crippen LogP contribution in [0.5, 0.6) is 0 Å². The molecule has 4 aromatic rings. The van der Waals surface area contributed by atoms with Crippen LogP contribution >= 0.6 is 0 Å². The summed E-state index contributed by atoms with van der Waals surface area (Å²) in [5, 5.41) is 1.01. The maximum atomic E-state index is 12.9. The molecule has 0 radical (unpaired) electrons. The number of aryl methyl sites for hydroxylation is 1. The summed E-state index contributed by atoms with van der Waals surface area (Å²) in [5.74, 6) is 0.384. The molecule has 0 amide bonds. The number of fused-ring (bicyclic) bond motifs is 2. The predicted octanol–water partition coefficient (Wildman–Crippen LogP) is 0.781.